The van der Waals surface area contributed by atoms with Crippen LogP contribution in [0.25, 0.3) is 0 Å². The number of hydrogen-bond acceptors (Lipinski definition) is 5. The van der Waals surface area contributed by atoms with E-state index in [1.165, 1.54) is 12.7 Å². The molecule has 0 radical (unpaired) electrons. The fourth-order valence-corrected chi connectivity index (χ4v) is 2.64. The number of aliphatic hydroxyl groups is 1. The molecule has 6 heteroatoms. The molecular formula is C12H19ClN4O. The van der Waals surface area contributed by atoms with Crippen molar-refractivity contribution in [1.82, 2.24) is 9.97 Å². The van der Waals surface area contributed by atoms with Crippen molar-refractivity contribution in [3.8, 4) is 0 Å². The Morgan fingerprint density at radius 2 is 2.33 bits per heavy atom. The minimum Gasteiger partial charge on any atom is -0.393 e. The zero-order valence-electron chi connectivity index (χ0n) is 10.5. The molecule has 0 bridgehead atoms. The Morgan fingerprint density at radius 1 is 1.56 bits per heavy atom. The standard InChI is InChI=1S/C12H19ClN4O/c1-8(18)6-9-4-2-3-5-17(9)12-10(14)11(13)15-7-16-12/h7-9,18H,2-6,14H2,1H3. The van der Waals surface area contributed by atoms with E-state index in [0.717, 1.165) is 25.8 Å². The van der Waals surface area contributed by atoms with Crippen molar-refractivity contribution in [3.63, 3.8) is 0 Å². The van der Waals surface area contributed by atoms with Gasteiger partial charge in [-0.1, -0.05) is 11.6 Å². The van der Waals surface area contributed by atoms with Gasteiger partial charge in [-0.3, -0.25) is 0 Å². The molecule has 18 heavy (non-hydrogen) atoms. The first-order chi connectivity index (χ1) is 8.59. The number of halogens is 1. The van der Waals surface area contributed by atoms with Crippen LogP contribution in [0.15, 0.2) is 6.33 Å². The number of piperidine rings is 1. The van der Waals surface area contributed by atoms with Gasteiger partial charge < -0.3 is 15.7 Å². The highest BCUT2D eigenvalue weighted by Crippen LogP contribution is 2.32. The van der Waals surface area contributed by atoms with E-state index in [1.807, 2.05) is 6.92 Å². The van der Waals surface area contributed by atoms with Gasteiger partial charge in [0.15, 0.2) is 11.0 Å². The Hall–Kier alpha value is -1.07. The minimum atomic E-state index is -0.325. The minimum absolute atomic E-state index is 0.270. The third kappa shape index (κ3) is 2.84. The molecule has 0 aliphatic carbocycles. The highest BCUT2D eigenvalue weighted by atomic mass is 35.5. The summed E-state index contributed by atoms with van der Waals surface area (Å²) < 4.78 is 0. The maximum absolute atomic E-state index is 9.58. The van der Waals surface area contributed by atoms with Crippen LogP contribution in [0, 0.1) is 0 Å². The number of nitrogens with two attached hydrogens (primary N) is 1. The van der Waals surface area contributed by atoms with Crippen molar-refractivity contribution >= 4 is 23.1 Å². The highest BCUT2D eigenvalue weighted by Gasteiger charge is 2.26. The molecule has 2 heterocycles. The Balaban J connectivity index is 2.25. The van der Waals surface area contributed by atoms with Crippen molar-refractivity contribution in [2.45, 2.75) is 44.8 Å². The van der Waals surface area contributed by atoms with E-state index >= 15 is 0 Å². The first kappa shape index (κ1) is 13.4. The summed E-state index contributed by atoms with van der Waals surface area (Å²) in [6.07, 6.45) is 5.16. The predicted octanol–water partition coefficient (Wildman–Crippen LogP) is 1.84. The van der Waals surface area contributed by atoms with Gasteiger partial charge in [0.05, 0.1) is 6.10 Å². The molecule has 0 amide bonds. The maximum Gasteiger partial charge on any atom is 0.157 e. The number of hydrogen-bond donors (Lipinski definition) is 2. The average molecular weight is 271 g/mol. The van der Waals surface area contributed by atoms with Crippen LogP contribution in [0.5, 0.6) is 0 Å². The van der Waals surface area contributed by atoms with Crippen LogP contribution < -0.4 is 10.6 Å². The second kappa shape index (κ2) is 5.71. The molecule has 0 saturated carbocycles. The molecule has 1 aliphatic heterocycles. The maximum atomic E-state index is 9.58. The van der Waals surface area contributed by atoms with Crippen molar-refractivity contribution in [2.24, 2.45) is 0 Å². The van der Waals surface area contributed by atoms with Crippen LogP contribution in [0.1, 0.15) is 32.6 Å². The van der Waals surface area contributed by atoms with Crippen LogP contribution in [0.4, 0.5) is 11.5 Å². The Bertz CT molecular complexity index is 413. The van der Waals surface area contributed by atoms with Crippen LogP contribution in [0.2, 0.25) is 5.15 Å². The summed E-state index contributed by atoms with van der Waals surface area (Å²) in [7, 11) is 0. The third-order valence-electron chi connectivity index (χ3n) is 3.33. The lowest BCUT2D eigenvalue weighted by atomic mass is 9.97. The lowest BCUT2D eigenvalue weighted by Gasteiger charge is -2.37. The number of rotatable bonds is 3. The number of nitrogens with zero attached hydrogens (tertiary/aromatic N) is 3. The fraction of sp³-hybridized carbons (Fsp3) is 0.667. The highest BCUT2D eigenvalue weighted by molar-refractivity contribution is 6.32. The van der Waals surface area contributed by atoms with E-state index in [0.29, 0.717) is 16.7 Å². The van der Waals surface area contributed by atoms with Gasteiger partial charge >= 0.3 is 0 Å². The van der Waals surface area contributed by atoms with Gasteiger partial charge in [-0.05, 0) is 32.6 Å². The summed E-state index contributed by atoms with van der Waals surface area (Å²) in [5.74, 6) is 0.695. The molecule has 0 aromatic carbocycles. The van der Waals surface area contributed by atoms with E-state index in [-0.39, 0.29) is 12.1 Å². The fourth-order valence-electron chi connectivity index (χ4n) is 2.51. The summed E-state index contributed by atoms with van der Waals surface area (Å²) in [6, 6.07) is 0.270. The molecule has 1 fully saturated rings. The van der Waals surface area contributed by atoms with E-state index in [9.17, 15) is 5.11 Å². The lowest BCUT2D eigenvalue weighted by Crippen LogP contribution is -2.42. The van der Waals surface area contributed by atoms with Crippen molar-refractivity contribution in [1.29, 1.82) is 0 Å². The predicted molar refractivity (Wildman–Crippen MR) is 72.7 cm³/mol. The molecule has 2 unspecified atom stereocenters. The smallest absolute Gasteiger partial charge is 0.157 e. The number of aliphatic hydroxyl groups excluding tert-OH is 1. The Labute approximate surface area is 112 Å². The van der Waals surface area contributed by atoms with Crippen molar-refractivity contribution in [3.05, 3.63) is 11.5 Å². The van der Waals surface area contributed by atoms with Crippen LogP contribution in [-0.2, 0) is 0 Å². The van der Waals surface area contributed by atoms with Gasteiger partial charge in [0.1, 0.15) is 12.0 Å². The Kier molecular flexibility index (Phi) is 4.24. The van der Waals surface area contributed by atoms with Gasteiger partial charge in [-0.2, -0.15) is 0 Å². The number of anilines is 2. The number of nitrogen functional groups attached to an aromatic ring is 1. The molecule has 1 saturated heterocycles. The van der Waals surface area contributed by atoms with Crippen LogP contribution in [-0.4, -0.2) is 33.8 Å². The quantitative estimate of drug-likeness (QED) is 0.820. The molecule has 1 aromatic rings. The molecular weight excluding hydrogens is 252 g/mol. The first-order valence-corrected chi connectivity index (χ1v) is 6.68. The summed E-state index contributed by atoms with van der Waals surface area (Å²) in [4.78, 5) is 10.3. The zero-order valence-corrected chi connectivity index (χ0v) is 11.3. The summed E-state index contributed by atoms with van der Waals surface area (Å²) in [5.41, 5.74) is 6.37. The first-order valence-electron chi connectivity index (χ1n) is 6.30. The monoisotopic (exact) mass is 270 g/mol. The molecule has 5 nitrogen and oxygen atoms in total. The summed E-state index contributed by atoms with van der Waals surface area (Å²) >= 11 is 5.93. The molecule has 3 N–H and O–H groups in total. The van der Waals surface area contributed by atoms with Gasteiger partial charge in [0, 0.05) is 12.6 Å². The zero-order chi connectivity index (χ0) is 13.1. The second-order valence-corrected chi connectivity index (χ2v) is 5.19. The summed E-state index contributed by atoms with van der Waals surface area (Å²) in [5, 5.41) is 9.87. The van der Waals surface area contributed by atoms with Crippen LogP contribution >= 0.6 is 11.6 Å². The van der Waals surface area contributed by atoms with Gasteiger partial charge in [0.25, 0.3) is 0 Å². The SMILES string of the molecule is CC(O)CC1CCCCN1c1ncnc(Cl)c1N. The summed E-state index contributed by atoms with van der Waals surface area (Å²) in [6.45, 7) is 2.71. The van der Waals surface area contributed by atoms with Gasteiger partial charge in [-0.15, -0.1) is 0 Å². The van der Waals surface area contributed by atoms with Crippen LogP contribution in [0.3, 0.4) is 0 Å². The molecule has 1 aromatic heterocycles. The third-order valence-corrected chi connectivity index (χ3v) is 3.63. The topological polar surface area (TPSA) is 75.3 Å². The van der Waals surface area contributed by atoms with Gasteiger partial charge in [0.2, 0.25) is 0 Å². The lowest BCUT2D eigenvalue weighted by molar-refractivity contribution is 0.167. The number of aromatic nitrogens is 2. The van der Waals surface area contributed by atoms with Gasteiger partial charge in [-0.25, -0.2) is 9.97 Å². The average Bonchev–Trinajstić information content (AvgIpc) is 2.33. The van der Waals surface area contributed by atoms with Crippen molar-refractivity contribution < 1.29 is 5.11 Å². The normalized spacial score (nSPS) is 21.9. The molecule has 0 spiro atoms. The van der Waals surface area contributed by atoms with Crippen molar-refractivity contribution in [2.75, 3.05) is 17.2 Å². The Morgan fingerprint density at radius 3 is 3.06 bits per heavy atom. The van der Waals surface area contributed by atoms with E-state index in [1.54, 1.807) is 0 Å². The second-order valence-electron chi connectivity index (χ2n) is 4.83. The largest absolute Gasteiger partial charge is 0.393 e. The molecule has 2 atom stereocenters. The van der Waals surface area contributed by atoms with E-state index in [2.05, 4.69) is 14.9 Å². The van der Waals surface area contributed by atoms with E-state index in [4.69, 9.17) is 17.3 Å². The molecule has 1 aliphatic rings. The molecule has 2 rings (SSSR count). The molecule has 100 valence electrons. The van der Waals surface area contributed by atoms with E-state index < -0.39 is 0 Å².